The molecule has 1 amide bonds. The zero-order valence-electron chi connectivity index (χ0n) is 17.5. The summed E-state index contributed by atoms with van der Waals surface area (Å²) in [6.45, 7) is 3.73. The van der Waals surface area contributed by atoms with Crippen molar-refractivity contribution in [3.63, 3.8) is 0 Å². The number of aryl methyl sites for hydroxylation is 2. The van der Waals surface area contributed by atoms with Gasteiger partial charge in [-0.25, -0.2) is 0 Å². The van der Waals surface area contributed by atoms with Gasteiger partial charge in [-0.15, -0.1) is 5.10 Å². The van der Waals surface area contributed by atoms with Crippen LogP contribution in [0.25, 0.3) is 11.0 Å². The third-order valence-electron chi connectivity index (χ3n) is 4.99. The minimum Gasteiger partial charge on any atom is -0.436 e. The molecular weight excluding hydrogens is 426 g/mol. The number of nitrogens with zero attached hydrogens (tertiary/aromatic N) is 1. The molecule has 8 heteroatoms. The Morgan fingerprint density at radius 3 is 2.34 bits per heavy atom. The van der Waals surface area contributed by atoms with Gasteiger partial charge in [-0.2, -0.15) is 13.2 Å². The van der Waals surface area contributed by atoms with E-state index in [2.05, 4.69) is 15.2 Å². The van der Waals surface area contributed by atoms with Crippen LogP contribution in [0.2, 0.25) is 0 Å². The molecule has 32 heavy (non-hydrogen) atoms. The minimum atomic E-state index is -3.96. The van der Waals surface area contributed by atoms with Crippen LogP contribution in [0.5, 0.6) is 0 Å². The standard InChI is InChI=1S/C24H21N3O4S/c1-16-12-13-20(14-17(16)2)32(29,30)27-26-24-21(15-18-8-6-7-11-22(18)31-24)23(28)25-19-9-4-3-5-10-19/h3-15,27H,1-2H3,(H,25,28). The Kier molecular flexibility index (Phi) is 5.79. The zero-order valence-corrected chi connectivity index (χ0v) is 18.3. The number of rotatable bonds is 5. The van der Waals surface area contributed by atoms with E-state index in [0.29, 0.717) is 16.7 Å². The first kappa shape index (κ1) is 21.3. The van der Waals surface area contributed by atoms with E-state index in [0.717, 1.165) is 11.1 Å². The van der Waals surface area contributed by atoms with Crippen molar-refractivity contribution in [2.45, 2.75) is 18.7 Å². The first-order chi connectivity index (χ1) is 15.3. The number of carbonyl (C=O) groups is 1. The van der Waals surface area contributed by atoms with Gasteiger partial charge in [-0.1, -0.05) is 42.5 Å². The van der Waals surface area contributed by atoms with E-state index < -0.39 is 15.9 Å². The molecule has 0 unspecified atom stereocenters. The highest BCUT2D eigenvalue weighted by Crippen LogP contribution is 2.16. The van der Waals surface area contributed by atoms with E-state index in [1.165, 1.54) is 6.07 Å². The molecule has 0 saturated carbocycles. The van der Waals surface area contributed by atoms with Gasteiger partial charge in [-0.3, -0.25) is 4.79 Å². The summed E-state index contributed by atoms with van der Waals surface area (Å²) in [6.07, 6.45) is 0. The fraction of sp³-hybridized carbons (Fsp3) is 0.0833. The molecule has 0 fully saturated rings. The lowest BCUT2D eigenvalue weighted by Gasteiger charge is -2.08. The summed E-state index contributed by atoms with van der Waals surface area (Å²) in [5, 5.41) is 7.41. The highest BCUT2D eigenvalue weighted by atomic mass is 32.2. The van der Waals surface area contributed by atoms with E-state index in [1.807, 2.05) is 26.0 Å². The van der Waals surface area contributed by atoms with Gasteiger partial charge in [0.25, 0.3) is 15.9 Å². The average Bonchev–Trinajstić information content (AvgIpc) is 2.79. The van der Waals surface area contributed by atoms with E-state index >= 15 is 0 Å². The van der Waals surface area contributed by atoms with Crippen LogP contribution < -0.4 is 15.7 Å². The van der Waals surface area contributed by atoms with Crippen LogP contribution >= 0.6 is 0 Å². The number of anilines is 1. The summed E-state index contributed by atoms with van der Waals surface area (Å²) in [4.78, 5) is 15.2. The number of hydrogen-bond donors (Lipinski definition) is 2. The minimum absolute atomic E-state index is 0.0698. The summed E-state index contributed by atoms with van der Waals surface area (Å²) in [7, 11) is -3.96. The lowest BCUT2D eigenvalue weighted by atomic mass is 10.1. The van der Waals surface area contributed by atoms with E-state index in [-0.39, 0.29) is 16.0 Å². The second-order valence-corrected chi connectivity index (χ2v) is 8.94. The molecule has 1 aromatic heterocycles. The Balaban J connectivity index is 1.76. The maximum absolute atomic E-state index is 12.9. The van der Waals surface area contributed by atoms with E-state index in [4.69, 9.17) is 4.42 Å². The monoisotopic (exact) mass is 447 g/mol. The van der Waals surface area contributed by atoms with Crippen LogP contribution in [-0.2, 0) is 10.0 Å². The second-order valence-electron chi connectivity index (χ2n) is 7.28. The summed E-state index contributed by atoms with van der Waals surface area (Å²) in [6, 6.07) is 22.4. The maximum Gasteiger partial charge on any atom is 0.276 e. The van der Waals surface area contributed by atoms with Crippen molar-refractivity contribution in [2.24, 2.45) is 5.10 Å². The molecule has 0 aliphatic heterocycles. The number of para-hydroxylation sites is 2. The molecule has 1 heterocycles. The van der Waals surface area contributed by atoms with Crippen LogP contribution in [0.15, 0.2) is 93.3 Å². The summed E-state index contributed by atoms with van der Waals surface area (Å²) < 4.78 is 31.3. The Bertz CT molecular complexity index is 1480. The molecule has 7 nitrogen and oxygen atoms in total. The Morgan fingerprint density at radius 2 is 1.59 bits per heavy atom. The Hall–Kier alpha value is -3.91. The van der Waals surface area contributed by atoms with Gasteiger partial charge >= 0.3 is 0 Å². The third-order valence-corrected chi connectivity index (χ3v) is 6.19. The highest BCUT2D eigenvalue weighted by Gasteiger charge is 2.16. The Labute approximate surface area is 185 Å². The first-order valence-corrected chi connectivity index (χ1v) is 11.3. The van der Waals surface area contributed by atoms with Crippen molar-refractivity contribution < 1.29 is 17.6 Å². The molecule has 4 aromatic rings. The van der Waals surface area contributed by atoms with Crippen LogP contribution in [-0.4, -0.2) is 14.3 Å². The van der Waals surface area contributed by atoms with Gasteiger partial charge in [0.15, 0.2) is 0 Å². The maximum atomic E-state index is 12.9. The van der Waals surface area contributed by atoms with Crippen molar-refractivity contribution in [2.75, 3.05) is 5.32 Å². The fourth-order valence-corrected chi connectivity index (χ4v) is 3.96. The first-order valence-electron chi connectivity index (χ1n) is 9.85. The molecule has 3 aromatic carbocycles. The van der Waals surface area contributed by atoms with Crippen molar-refractivity contribution in [3.05, 3.63) is 101 Å². The average molecular weight is 448 g/mol. The summed E-state index contributed by atoms with van der Waals surface area (Å²) >= 11 is 0. The molecular formula is C24H21N3O4S. The molecule has 0 radical (unpaired) electrons. The smallest absolute Gasteiger partial charge is 0.276 e. The van der Waals surface area contributed by atoms with Crippen LogP contribution in [0, 0.1) is 13.8 Å². The SMILES string of the molecule is Cc1ccc(S(=O)(=O)NN=c2oc3ccccc3cc2C(=O)Nc2ccccc2)cc1C. The lowest BCUT2D eigenvalue weighted by molar-refractivity contribution is 0.102. The topological polar surface area (TPSA) is 101 Å². The molecule has 162 valence electrons. The van der Waals surface area contributed by atoms with Gasteiger partial charge in [0, 0.05) is 11.1 Å². The Morgan fingerprint density at radius 1 is 0.875 bits per heavy atom. The molecule has 0 bridgehead atoms. The molecule has 2 N–H and O–H groups in total. The number of hydrogen-bond acceptors (Lipinski definition) is 5. The number of nitrogens with one attached hydrogen (secondary N) is 2. The molecule has 0 atom stereocenters. The van der Waals surface area contributed by atoms with Gasteiger partial charge in [0.2, 0.25) is 5.55 Å². The van der Waals surface area contributed by atoms with Crippen LogP contribution in [0.1, 0.15) is 21.5 Å². The number of amides is 1. The summed E-state index contributed by atoms with van der Waals surface area (Å²) in [5.74, 6) is -0.477. The fourth-order valence-electron chi connectivity index (χ4n) is 3.07. The van der Waals surface area contributed by atoms with Gasteiger partial charge in [0.05, 0.1) is 4.90 Å². The van der Waals surface area contributed by atoms with Gasteiger partial charge in [0.1, 0.15) is 11.1 Å². The highest BCUT2D eigenvalue weighted by molar-refractivity contribution is 7.89. The third kappa shape index (κ3) is 4.55. The van der Waals surface area contributed by atoms with Gasteiger partial charge in [-0.05, 0) is 61.4 Å². The largest absolute Gasteiger partial charge is 0.436 e. The number of benzene rings is 3. The van der Waals surface area contributed by atoms with Gasteiger partial charge < -0.3 is 9.73 Å². The van der Waals surface area contributed by atoms with Crippen molar-refractivity contribution >= 4 is 32.6 Å². The van der Waals surface area contributed by atoms with Crippen molar-refractivity contribution in [1.82, 2.24) is 4.83 Å². The van der Waals surface area contributed by atoms with Crippen LogP contribution in [0.3, 0.4) is 0 Å². The normalized spacial score (nSPS) is 12.0. The summed E-state index contributed by atoms with van der Waals surface area (Å²) in [5.41, 5.74) is 2.82. The molecule has 0 aliphatic rings. The van der Waals surface area contributed by atoms with Crippen molar-refractivity contribution in [3.8, 4) is 0 Å². The number of carbonyl (C=O) groups excluding carboxylic acids is 1. The predicted molar refractivity (Wildman–Crippen MR) is 122 cm³/mol. The molecule has 0 spiro atoms. The predicted octanol–water partition coefficient (Wildman–Crippen LogP) is 4.10. The van der Waals surface area contributed by atoms with Crippen LogP contribution in [0.4, 0.5) is 5.69 Å². The quantitative estimate of drug-likeness (QED) is 0.450. The molecule has 0 aliphatic carbocycles. The van der Waals surface area contributed by atoms with E-state index in [1.54, 1.807) is 60.7 Å². The number of sulfonamides is 1. The zero-order chi connectivity index (χ0) is 22.7. The lowest BCUT2D eigenvalue weighted by Crippen LogP contribution is -2.27. The second kappa shape index (κ2) is 8.68. The molecule has 0 saturated heterocycles. The van der Waals surface area contributed by atoms with E-state index in [9.17, 15) is 13.2 Å². The number of fused-ring (bicyclic) bond motifs is 1. The van der Waals surface area contributed by atoms with Crippen molar-refractivity contribution in [1.29, 1.82) is 0 Å². The molecule has 4 rings (SSSR count).